The molecular formula is C29H22IN3O6S. The van der Waals surface area contributed by atoms with Gasteiger partial charge in [-0.05, 0) is 82.0 Å². The van der Waals surface area contributed by atoms with Gasteiger partial charge in [0, 0.05) is 11.6 Å². The van der Waals surface area contributed by atoms with Gasteiger partial charge in [-0.1, -0.05) is 41.7 Å². The molecule has 40 heavy (non-hydrogen) atoms. The molecule has 2 heterocycles. The minimum Gasteiger partial charge on any atom is -0.501 e. The number of nitrogens with zero attached hydrogens (tertiary/aromatic N) is 3. The van der Waals surface area contributed by atoms with E-state index in [9.17, 15) is 20.0 Å². The van der Waals surface area contributed by atoms with Crippen LogP contribution in [0.5, 0.6) is 17.2 Å². The van der Waals surface area contributed by atoms with E-state index in [0.717, 1.165) is 35.2 Å². The molecular weight excluding hydrogens is 645 g/mol. The lowest BCUT2D eigenvalue weighted by atomic mass is 9.83. The van der Waals surface area contributed by atoms with Crippen molar-refractivity contribution in [1.82, 2.24) is 4.57 Å². The van der Waals surface area contributed by atoms with Crippen LogP contribution in [0.25, 0.3) is 11.8 Å². The zero-order valence-corrected chi connectivity index (χ0v) is 24.4. The largest absolute Gasteiger partial charge is 0.501 e. The number of nitro benzene ring substituents is 1. The molecule has 0 radical (unpaired) electrons. The predicted octanol–water partition coefficient (Wildman–Crippen LogP) is 4.55. The van der Waals surface area contributed by atoms with E-state index in [-0.39, 0.29) is 5.56 Å². The molecule has 0 spiro atoms. The molecule has 11 heteroatoms. The first-order chi connectivity index (χ1) is 19.3. The van der Waals surface area contributed by atoms with Crippen LogP contribution in [-0.4, -0.2) is 28.8 Å². The number of aromatic nitrogens is 1. The summed E-state index contributed by atoms with van der Waals surface area (Å²) < 4.78 is 13.4. The molecule has 1 N–H and O–H groups in total. The Balaban J connectivity index is 1.61. The van der Waals surface area contributed by atoms with Gasteiger partial charge in [0.15, 0.2) is 16.3 Å². The maximum absolute atomic E-state index is 14.0. The zero-order chi connectivity index (χ0) is 28.1. The molecule has 0 amide bonds. The van der Waals surface area contributed by atoms with Gasteiger partial charge in [0.25, 0.3) is 5.56 Å². The minimum absolute atomic E-state index is 0.250. The predicted molar refractivity (Wildman–Crippen MR) is 160 cm³/mol. The van der Waals surface area contributed by atoms with E-state index in [2.05, 4.69) is 12.1 Å². The van der Waals surface area contributed by atoms with Crippen molar-refractivity contribution >= 4 is 51.4 Å². The Kier molecular flexibility index (Phi) is 6.70. The average molecular weight is 667 g/mol. The van der Waals surface area contributed by atoms with Crippen LogP contribution in [0.1, 0.15) is 34.7 Å². The molecule has 2 aliphatic rings. The number of aromatic hydroxyl groups is 1. The number of phenols is 1. The second-order valence-corrected chi connectivity index (χ2v) is 11.5. The Morgan fingerprint density at radius 1 is 1.12 bits per heavy atom. The summed E-state index contributed by atoms with van der Waals surface area (Å²) in [5.74, 6) is 0.748. The molecule has 6 rings (SSSR count). The Morgan fingerprint density at radius 3 is 2.65 bits per heavy atom. The monoisotopic (exact) mass is 667 g/mol. The van der Waals surface area contributed by atoms with Gasteiger partial charge in [0.1, 0.15) is 0 Å². The Morgan fingerprint density at radius 2 is 1.90 bits per heavy atom. The van der Waals surface area contributed by atoms with Gasteiger partial charge in [0.05, 0.1) is 39.0 Å². The smallest absolute Gasteiger partial charge is 0.312 e. The summed E-state index contributed by atoms with van der Waals surface area (Å²) in [7, 11) is 3.15. The van der Waals surface area contributed by atoms with Gasteiger partial charge < -0.3 is 14.6 Å². The molecule has 0 fully saturated rings. The molecule has 0 saturated heterocycles. The number of ether oxygens (including phenoxy) is 2. The average Bonchev–Trinajstić information content (AvgIpc) is 3.27. The molecule has 4 aromatic rings. The third kappa shape index (κ3) is 4.29. The van der Waals surface area contributed by atoms with Gasteiger partial charge in [-0.3, -0.25) is 19.5 Å². The van der Waals surface area contributed by atoms with E-state index >= 15 is 0 Å². The fraction of sp³-hybridized carbons (Fsp3) is 0.172. The van der Waals surface area contributed by atoms with E-state index < -0.39 is 22.4 Å². The van der Waals surface area contributed by atoms with Crippen molar-refractivity contribution in [3.63, 3.8) is 0 Å². The third-order valence-corrected chi connectivity index (χ3v) is 8.96. The van der Waals surface area contributed by atoms with E-state index in [1.54, 1.807) is 30.9 Å². The standard InChI is InChI=1S/C29H22IN3O6S/c1-38-22-10-8-17(14-23(22)39-2)26-19-9-7-16-5-3-4-6-18(16)25(19)31-29-32(26)28(35)24(40-29)13-15-11-20(30)27(34)21(12-15)33(36)37/h3-6,8,10-14,26,34H,7,9H2,1-2H3/b24-13-/t26-/m0/s1. The Labute approximate surface area is 245 Å². The van der Waals surface area contributed by atoms with Crippen LogP contribution in [0, 0.1) is 13.7 Å². The first-order valence-electron chi connectivity index (χ1n) is 12.3. The van der Waals surface area contributed by atoms with Gasteiger partial charge >= 0.3 is 5.69 Å². The number of aryl methyl sites for hydroxylation is 1. The first-order valence-corrected chi connectivity index (χ1v) is 14.2. The van der Waals surface area contributed by atoms with E-state index in [1.165, 1.54) is 23.0 Å². The third-order valence-electron chi connectivity index (χ3n) is 7.16. The highest BCUT2D eigenvalue weighted by Gasteiger charge is 2.33. The number of fused-ring (bicyclic) bond motifs is 3. The number of nitro groups is 1. The van der Waals surface area contributed by atoms with E-state index in [1.807, 2.05) is 52.9 Å². The number of hydrogen-bond acceptors (Lipinski definition) is 8. The summed E-state index contributed by atoms with van der Waals surface area (Å²) >= 11 is 3.07. The Bertz CT molecular complexity index is 1930. The lowest BCUT2D eigenvalue weighted by molar-refractivity contribution is -0.386. The quantitative estimate of drug-likeness (QED) is 0.190. The summed E-state index contributed by atoms with van der Waals surface area (Å²) in [5.41, 5.74) is 4.81. The van der Waals surface area contributed by atoms with Gasteiger partial charge in [-0.15, -0.1) is 0 Å². The minimum atomic E-state index is -0.640. The lowest BCUT2D eigenvalue weighted by Crippen LogP contribution is -2.38. The van der Waals surface area contributed by atoms with Gasteiger partial charge in [-0.2, -0.15) is 0 Å². The number of methoxy groups -OCH3 is 2. The topological polar surface area (TPSA) is 116 Å². The molecule has 0 saturated carbocycles. The highest BCUT2D eigenvalue weighted by atomic mass is 127. The lowest BCUT2D eigenvalue weighted by Gasteiger charge is -2.31. The second kappa shape index (κ2) is 10.2. The van der Waals surface area contributed by atoms with Crippen LogP contribution in [0.4, 0.5) is 5.69 Å². The molecule has 1 aromatic heterocycles. The molecule has 0 unspecified atom stereocenters. The first kappa shape index (κ1) is 26.3. The maximum Gasteiger partial charge on any atom is 0.312 e. The molecule has 3 aromatic carbocycles. The molecule has 1 atom stereocenters. The summed E-state index contributed by atoms with van der Waals surface area (Å²) in [6.07, 6.45) is 3.18. The van der Waals surface area contributed by atoms with Crippen molar-refractivity contribution in [2.75, 3.05) is 14.2 Å². The van der Waals surface area contributed by atoms with Crippen molar-refractivity contribution < 1.29 is 19.5 Å². The second-order valence-electron chi connectivity index (χ2n) is 9.36. The molecule has 202 valence electrons. The number of thiazole rings is 1. The molecule has 0 bridgehead atoms. The van der Waals surface area contributed by atoms with Crippen LogP contribution in [-0.2, 0) is 6.42 Å². The highest BCUT2D eigenvalue weighted by molar-refractivity contribution is 14.1. The van der Waals surface area contributed by atoms with Gasteiger partial charge in [0.2, 0.25) is 5.75 Å². The van der Waals surface area contributed by atoms with Crippen molar-refractivity contribution in [3.05, 3.63) is 116 Å². The zero-order valence-electron chi connectivity index (χ0n) is 21.4. The molecule has 1 aliphatic heterocycles. The summed E-state index contributed by atoms with van der Waals surface area (Å²) in [5, 5.41) is 21.6. The van der Waals surface area contributed by atoms with Crippen molar-refractivity contribution in [1.29, 1.82) is 0 Å². The van der Waals surface area contributed by atoms with Gasteiger partial charge in [-0.25, -0.2) is 4.99 Å². The van der Waals surface area contributed by atoms with Crippen LogP contribution in [0.15, 0.2) is 70.0 Å². The van der Waals surface area contributed by atoms with Crippen molar-refractivity contribution in [2.24, 2.45) is 4.99 Å². The summed E-state index contributed by atoms with van der Waals surface area (Å²) in [4.78, 5) is 30.4. The molecule has 9 nitrogen and oxygen atoms in total. The SMILES string of the molecule is COc1ccc([C@H]2C3=C(N=c4s/c(=C\c5cc(I)c(O)c([N+](=O)[O-])c5)c(=O)n42)c2ccccc2CC3)cc1OC. The highest BCUT2D eigenvalue weighted by Crippen LogP contribution is 2.43. The van der Waals surface area contributed by atoms with Crippen LogP contribution in [0.2, 0.25) is 0 Å². The summed E-state index contributed by atoms with van der Waals surface area (Å²) in [6.45, 7) is 0. The fourth-order valence-electron chi connectivity index (χ4n) is 5.32. The number of benzene rings is 3. The number of allylic oxidation sites excluding steroid dienone is 1. The maximum atomic E-state index is 14.0. The summed E-state index contributed by atoms with van der Waals surface area (Å²) in [6, 6.07) is 16.3. The van der Waals surface area contributed by atoms with Crippen molar-refractivity contribution in [3.8, 4) is 17.2 Å². The van der Waals surface area contributed by atoms with Crippen LogP contribution >= 0.6 is 33.9 Å². The van der Waals surface area contributed by atoms with E-state index in [0.29, 0.717) is 30.0 Å². The molecule has 1 aliphatic carbocycles. The fourth-order valence-corrected chi connectivity index (χ4v) is 6.96. The van der Waals surface area contributed by atoms with Crippen molar-refractivity contribution in [2.45, 2.75) is 18.9 Å². The Hall–Kier alpha value is -3.97. The number of rotatable bonds is 5. The van der Waals surface area contributed by atoms with Crippen LogP contribution in [0.3, 0.4) is 0 Å². The van der Waals surface area contributed by atoms with E-state index in [4.69, 9.17) is 14.5 Å². The van der Waals surface area contributed by atoms with Crippen LogP contribution < -0.4 is 24.4 Å². The number of hydrogen-bond donors (Lipinski definition) is 1. The number of phenolic OH excluding ortho intramolecular Hbond substituents is 1. The normalized spacial score (nSPS) is 16.1. The number of halogens is 1.